The number of aromatic amines is 1. The highest BCUT2D eigenvalue weighted by Crippen LogP contribution is 2.36. The van der Waals surface area contributed by atoms with Gasteiger partial charge < -0.3 is 4.98 Å². The normalized spacial score (nSPS) is 18.1. The molecule has 1 aliphatic heterocycles. The van der Waals surface area contributed by atoms with Crippen LogP contribution in [0.15, 0.2) is 54.7 Å². The van der Waals surface area contributed by atoms with Crippen LogP contribution in [0.4, 0.5) is 5.69 Å². The smallest absolute Gasteiger partial charge is 0.241 e. The van der Waals surface area contributed by atoms with Crippen LogP contribution in [0.1, 0.15) is 23.5 Å². The Morgan fingerprint density at radius 1 is 1.04 bits per heavy atom. The van der Waals surface area contributed by atoms with E-state index in [9.17, 15) is 9.59 Å². The van der Waals surface area contributed by atoms with Crippen LogP contribution in [0.3, 0.4) is 0 Å². The summed E-state index contributed by atoms with van der Waals surface area (Å²) in [6.07, 6.45) is 2.06. The predicted molar refractivity (Wildman–Crippen MR) is 89.3 cm³/mol. The van der Waals surface area contributed by atoms with E-state index in [4.69, 9.17) is 0 Å². The molecule has 1 N–H and O–H groups in total. The summed E-state index contributed by atoms with van der Waals surface area (Å²) in [4.78, 5) is 29.7. The number of nitrogens with zero attached hydrogens (tertiary/aromatic N) is 1. The molecule has 0 saturated carbocycles. The summed E-state index contributed by atoms with van der Waals surface area (Å²) >= 11 is 0. The van der Waals surface area contributed by atoms with Gasteiger partial charge in [-0.25, -0.2) is 0 Å². The fourth-order valence-corrected chi connectivity index (χ4v) is 3.22. The molecule has 23 heavy (non-hydrogen) atoms. The largest absolute Gasteiger partial charge is 0.361 e. The summed E-state index contributed by atoms with van der Waals surface area (Å²) in [5.74, 6) is -0.710. The zero-order valence-electron chi connectivity index (χ0n) is 12.7. The van der Waals surface area contributed by atoms with Gasteiger partial charge in [0.2, 0.25) is 11.8 Å². The highest BCUT2D eigenvalue weighted by atomic mass is 16.2. The van der Waals surface area contributed by atoms with Gasteiger partial charge in [-0.05, 0) is 30.7 Å². The average Bonchev–Trinajstić information content (AvgIpc) is 3.10. The molecule has 1 fully saturated rings. The first-order valence-corrected chi connectivity index (χ1v) is 7.64. The van der Waals surface area contributed by atoms with Crippen molar-refractivity contribution in [2.75, 3.05) is 4.90 Å². The maximum atomic E-state index is 12.8. The lowest BCUT2D eigenvalue weighted by atomic mass is 9.97. The van der Waals surface area contributed by atoms with E-state index in [1.54, 1.807) is 0 Å². The predicted octanol–water partition coefficient (Wildman–Crippen LogP) is 3.52. The summed E-state index contributed by atoms with van der Waals surface area (Å²) in [6, 6.07) is 15.3. The van der Waals surface area contributed by atoms with Gasteiger partial charge in [0.15, 0.2) is 0 Å². The molecule has 0 spiro atoms. The quantitative estimate of drug-likeness (QED) is 0.736. The van der Waals surface area contributed by atoms with Crippen molar-refractivity contribution in [2.45, 2.75) is 19.3 Å². The minimum Gasteiger partial charge on any atom is -0.361 e. The number of amides is 2. The second kappa shape index (κ2) is 5.09. The molecule has 0 aliphatic carbocycles. The third-order valence-corrected chi connectivity index (χ3v) is 4.44. The number of hydrogen-bond acceptors (Lipinski definition) is 2. The van der Waals surface area contributed by atoms with E-state index in [0.717, 1.165) is 22.0 Å². The number of H-pyrrole nitrogens is 1. The number of fused-ring (bicyclic) bond motifs is 1. The molecule has 2 aromatic carbocycles. The molecular formula is C19H16N2O2. The van der Waals surface area contributed by atoms with Crippen LogP contribution >= 0.6 is 0 Å². The Balaban J connectivity index is 1.74. The SMILES string of the molecule is Cc1ccc(N2C(=O)C[C@H](c3c[nH]c4ccccc34)C2=O)cc1. The average molecular weight is 304 g/mol. The van der Waals surface area contributed by atoms with Gasteiger partial charge >= 0.3 is 0 Å². The maximum Gasteiger partial charge on any atom is 0.241 e. The Morgan fingerprint density at radius 3 is 2.57 bits per heavy atom. The highest BCUT2D eigenvalue weighted by Gasteiger charge is 2.41. The topological polar surface area (TPSA) is 53.2 Å². The molecule has 2 heterocycles. The van der Waals surface area contributed by atoms with Gasteiger partial charge in [-0.2, -0.15) is 0 Å². The van der Waals surface area contributed by atoms with Gasteiger partial charge in [0.05, 0.1) is 11.6 Å². The second-order valence-corrected chi connectivity index (χ2v) is 5.95. The van der Waals surface area contributed by atoms with E-state index in [-0.39, 0.29) is 18.2 Å². The van der Waals surface area contributed by atoms with Crippen molar-refractivity contribution in [2.24, 2.45) is 0 Å². The summed E-state index contributed by atoms with van der Waals surface area (Å²) in [5.41, 5.74) is 3.62. The van der Waals surface area contributed by atoms with Crippen molar-refractivity contribution >= 4 is 28.4 Å². The number of nitrogens with one attached hydrogen (secondary N) is 1. The molecule has 1 aromatic heterocycles. The van der Waals surface area contributed by atoms with Gasteiger partial charge in [0, 0.05) is 23.5 Å². The molecule has 4 nitrogen and oxygen atoms in total. The zero-order chi connectivity index (χ0) is 16.0. The number of para-hydroxylation sites is 1. The van der Waals surface area contributed by atoms with Crippen LogP contribution in [-0.2, 0) is 9.59 Å². The molecule has 3 aromatic rings. The summed E-state index contributed by atoms with van der Waals surface area (Å²) in [5, 5.41) is 1.00. The fraction of sp³-hybridized carbons (Fsp3) is 0.158. The van der Waals surface area contributed by atoms with E-state index in [1.165, 1.54) is 4.90 Å². The number of aromatic nitrogens is 1. The van der Waals surface area contributed by atoms with Gasteiger partial charge in [-0.15, -0.1) is 0 Å². The Hall–Kier alpha value is -2.88. The number of hydrogen-bond donors (Lipinski definition) is 1. The number of aryl methyl sites for hydroxylation is 1. The second-order valence-electron chi connectivity index (χ2n) is 5.95. The number of carbonyl (C=O) groups excluding carboxylic acids is 2. The Morgan fingerprint density at radius 2 is 1.78 bits per heavy atom. The number of carbonyl (C=O) groups is 2. The lowest BCUT2D eigenvalue weighted by Crippen LogP contribution is -2.29. The van der Waals surface area contributed by atoms with E-state index in [2.05, 4.69) is 4.98 Å². The van der Waals surface area contributed by atoms with Gasteiger partial charge in [-0.1, -0.05) is 35.9 Å². The van der Waals surface area contributed by atoms with Crippen molar-refractivity contribution in [3.8, 4) is 0 Å². The number of anilines is 1. The summed E-state index contributed by atoms with van der Waals surface area (Å²) < 4.78 is 0. The van der Waals surface area contributed by atoms with Crippen LogP contribution < -0.4 is 4.90 Å². The van der Waals surface area contributed by atoms with Crippen molar-refractivity contribution < 1.29 is 9.59 Å². The van der Waals surface area contributed by atoms with Crippen molar-refractivity contribution in [3.05, 3.63) is 65.9 Å². The molecule has 1 aliphatic rings. The third-order valence-electron chi connectivity index (χ3n) is 4.44. The molecule has 1 saturated heterocycles. The van der Waals surface area contributed by atoms with Crippen LogP contribution in [-0.4, -0.2) is 16.8 Å². The molecule has 114 valence electrons. The standard InChI is InChI=1S/C19H16N2O2/c1-12-6-8-13(9-7-12)21-18(22)10-15(19(21)23)16-11-20-17-5-3-2-4-14(16)17/h2-9,11,15,20H,10H2,1H3/t15-/m1/s1. The lowest BCUT2D eigenvalue weighted by molar-refractivity contribution is -0.121. The summed E-state index contributed by atoms with van der Waals surface area (Å²) in [6.45, 7) is 1.98. The van der Waals surface area contributed by atoms with Crippen LogP contribution in [0.2, 0.25) is 0 Å². The Kier molecular flexibility index (Phi) is 3.05. The van der Waals surface area contributed by atoms with Crippen molar-refractivity contribution in [3.63, 3.8) is 0 Å². The molecule has 2 amide bonds. The first-order valence-electron chi connectivity index (χ1n) is 7.64. The maximum absolute atomic E-state index is 12.8. The molecule has 0 radical (unpaired) electrons. The van der Waals surface area contributed by atoms with Gasteiger partial charge in [0.1, 0.15) is 0 Å². The Bertz CT molecular complexity index is 909. The van der Waals surface area contributed by atoms with Gasteiger partial charge in [0.25, 0.3) is 0 Å². The van der Waals surface area contributed by atoms with Crippen LogP contribution in [0.25, 0.3) is 10.9 Å². The molecule has 4 heteroatoms. The monoisotopic (exact) mass is 304 g/mol. The number of benzene rings is 2. The summed E-state index contributed by atoms with van der Waals surface area (Å²) in [7, 11) is 0. The first kappa shape index (κ1) is 13.8. The molecule has 0 unspecified atom stereocenters. The molecule has 4 rings (SSSR count). The molecule has 1 atom stereocenters. The minimum absolute atomic E-state index is 0.144. The minimum atomic E-state index is -0.417. The van der Waals surface area contributed by atoms with E-state index < -0.39 is 5.92 Å². The van der Waals surface area contributed by atoms with Crippen molar-refractivity contribution in [1.29, 1.82) is 0 Å². The zero-order valence-corrected chi connectivity index (χ0v) is 12.7. The lowest BCUT2D eigenvalue weighted by Gasteiger charge is -2.15. The van der Waals surface area contributed by atoms with Crippen LogP contribution in [0.5, 0.6) is 0 Å². The van der Waals surface area contributed by atoms with Crippen LogP contribution in [0, 0.1) is 6.92 Å². The fourth-order valence-electron chi connectivity index (χ4n) is 3.22. The highest BCUT2D eigenvalue weighted by molar-refractivity contribution is 6.23. The van der Waals surface area contributed by atoms with Gasteiger partial charge in [-0.3, -0.25) is 14.5 Å². The van der Waals surface area contributed by atoms with E-state index in [1.807, 2.05) is 61.7 Å². The molecular weight excluding hydrogens is 288 g/mol. The molecule has 0 bridgehead atoms. The van der Waals surface area contributed by atoms with E-state index >= 15 is 0 Å². The number of imide groups is 1. The Labute approximate surface area is 133 Å². The third kappa shape index (κ3) is 2.14. The van der Waals surface area contributed by atoms with E-state index in [0.29, 0.717) is 5.69 Å². The number of rotatable bonds is 2. The first-order chi connectivity index (χ1) is 11.1. The van der Waals surface area contributed by atoms with Crippen molar-refractivity contribution in [1.82, 2.24) is 4.98 Å².